The standard InChI is InChI=1S/C19H20BF2N3O/c1-11-8-13(3)24-18(11)17(16-10-15(26-5)6-7-23-16)19-12(2)9-14(4)25(19)20(24,21)22/h6-10H,1-5H3. The fourth-order valence-electron chi connectivity index (χ4n) is 4.22. The number of allylic oxidation sites excluding steroid dienone is 2. The van der Waals surface area contributed by atoms with Crippen molar-refractivity contribution in [1.29, 1.82) is 0 Å². The number of ether oxygens (including phenoxy) is 1. The third-order valence-corrected chi connectivity index (χ3v) is 5.16. The summed E-state index contributed by atoms with van der Waals surface area (Å²) < 4.78 is 38.7. The van der Waals surface area contributed by atoms with Gasteiger partial charge < -0.3 is 22.3 Å². The number of aryl methyl sites for hydroxylation is 2. The summed E-state index contributed by atoms with van der Waals surface area (Å²) in [5.41, 5.74) is 5.11. The Bertz CT molecular complexity index is 1050. The van der Waals surface area contributed by atoms with E-state index in [2.05, 4.69) is 4.98 Å². The van der Waals surface area contributed by atoms with Gasteiger partial charge in [-0.1, -0.05) is 0 Å². The Hall–Kier alpha value is -2.70. The van der Waals surface area contributed by atoms with E-state index in [9.17, 15) is 0 Å². The van der Waals surface area contributed by atoms with Crippen molar-refractivity contribution < 1.29 is 17.9 Å². The van der Waals surface area contributed by atoms with E-state index >= 15 is 8.63 Å². The van der Waals surface area contributed by atoms with Gasteiger partial charge in [-0.2, -0.15) is 0 Å². The van der Waals surface area contributed by atoms with Gasteiger partial charge in [0.05, 0.1) is 18.4 Å². The van der Waals surface area contributed by atoms with Crippen molar-refractivity contribution in [1.82, 2.24) is 9.46 Å². The van der Waals surface area contributed by atoms with E-state index in [4.69, 9.17) is 4.74 Å². The highest BCUT2D eigenvalue weighted by Gasteiger charge is 2.55. The van der Waals surface area contributed by atoms with Gasteiger partial charge in [-0.3, -0.25) is 4.98 Å². The van der Waals surface area contributed by atoms with E-state index in [1.165, 1.54) is 8.96 Å². The summed E-state index contributed by atoms with van der Waals surface area (Å²) in [5.74, 6) is 0.644. The molecular weight excluding hydrogens is 335 g/mol. The highest BCUT2D eigenvalue weighted by atomic mass is 19.2. The predicted octanol–water partition coefficient (Wildman–Crippen LogP) is 3.94. The van der Waals surface area contributed by atoms with Crippen molar-refractivity contribution in [2.24, 2.45) is 0 Å². The summed E-state index contributed by atoms with van der Waals surface area (Å²) in [6.45, 7) is 3.22. The Morgan fingerprint density at radius 2 is 1.88 bits per heavy atom. The summed E-state index contributed by atoms with van der Waals surface area (Å²) >= 11 is 0. The molecule has 2 aliphatic heterocycles. The maximum Gasteiger partial charge on any atom is 0.737 e. The molecule has 26 heavy (non-hydrogen) atoms. The van der Waals surface area contributed by atoms with Crippen LogP contribution in [0, 0.1) is 13.8 Å². The van der Waals surface area contributed by atoms with Gasteiger partial charge in [0.15, 0.2) is 5.70 Å². The number of nitrogens with zero attached hydrogens (tertiary/aromatic N) is 3. The van der Waals surface area contributed by atoms with Gasteiger partial charge in [-0.05, 0) is 44.2 Å². The molecule has 4 nitrogen and oxygen atoms in total. The third kappa shape index (κ3) is 2.06. The van der Waals surface area contributed by atoms with Crippen molar-refractivity contribution in [2.45, 2.75) is 27.7 Å². The number of aromatic nitrogens is 2. The molecule has 2 aliphatic rings. The molecule has 0 amide bonds. The minimum Gasteiger partial charge on any atom is -0.497 e. The Morgan fingerprint density at radius 3 is 2.58 bits per heavy atom. The van der Waals surface area contributed by atoms with Crippen LogP contribution in [-0.2, 0) is 0 Å². The molecule has 0 aromatic carbocycles. The molecule has 2 aromatic heterocycles. The van der Waals surface area contributed by atoms with E-state index < -0.39 is 6.97 Å². The van der Waals surface area contributed by atoms with Crippen LogP contribution in [0.1, 0.15) is 36.5 Å². The van der Waals surface area contributed by atoms with Crippen LogP contribution in [0.4, 0.5) is 8.63 Å². The van der Waals surface area contributed by atoms with E-state index in [0.717, 1.165) is 11.1 Å². The van der Waals surface area contributed by atoms with Crippen LogP contribution in [0.15, 0.2) is 41.7 Å². The summed E-state index contributed by atoms with van der Waals surface area (Å²) in [4.78, 5) is 4.48. The number of hydrogen-bond donors (Lipinski definition) is 0. The van der Waals surface area contributed by atoms with Gasteiger partial charge in [0, 0.05) is 36.5 Å². The third-order valence-electron chi connectivity index (χ3n) is 5.16. The maximum absolute atomic E-state index is 15.5. The lowest BCUT2D eigenvalue weighted by Gasteiger charge is -2.33. The molecule has 0 radical (unpaired) electrons. The smallest absolute Gasteiger partial charge is 0.497 e. The second-order valence-electron chi connectivity index (χ2n) is 6.92. The predicted molar refractivity (Wildman–Crippen MR) is 98.8 cm³/mol. The molecule has 134 valence electrons. The molecule has 0 saturated carbocycles. The summed E-state index contributed by atoms with van der Waals surface area (Å²) in [6, 6.07) is 5.35. The average Bonchev–Trinajstić information content (AvgIpc) is 3.05. The topological polar surface area (TPSA) is 30.1 Å². The van der Waals surface area contributed by atoms with Gasteiger partial charge in [0.25, 0.3) is 0 Å². The van der Waals surface area contributed by atoms with Crippen LogP contribution in [0.3, 0.4) is 0 Å². The van der Waals surface area contributed by atoms with Crippen molar-refractivity contribution >= 4 is 18.3 Å². The lowest BCUT2D eigenvalue weighted by atomic mass is 9.85. The first-order valence-electron chi connectivity index (χ1n) is 8.55. The van der Waals surface area contributed by atoms with Crippen LogP contribution in [0.25, 0.3) is 5.57 Å². The first-order valence-corrected chi connectivity index (χ1v) is 8.55. The van der Waals surface area contributed by atoms with E-state index in [-0.39, 0.29) is 0 Å². The first kappa shape index (κ1) is 16.8. The van der Waals surface area contributed by atoms with Crippen LogP contribution < -0.4 is 4.74 Å². The van der Waals surface area contributed by atoms with Crippen LogP contribution in [0.5, 0.6) is 5.75 Å². The molecule has 0 spiro atoms. The molecule has 0 fully saturated rings. The van der Waals surface area contributed by atoms with Crippen LogP contribution in [0.2, 0.25) is 0 Å². The molecule has 7 heteroatoms. The first-order chi connectivity index (χ1) is 12.3. The van der Waals surface area contributed by atoms with Crippen molar-refractivity contribution in [3.05, 3.63) is 64.4 Å². The van der Waals surface area contributed by atoms with Gasteiger partial charge in [0.1, 0.15) is 11.5 Å². The molecule has 4 rings (SSSR count). The normalized spacial score (nSPS) is 18.0. The average molecular weight is 355 g/mol. The van der Waals surface area contributed by atoms with Crippen LogP contribution in [-0.4, -0.2) is 33.7 Å². The zero-order chi connectivity index (χ0) is 18.8. The number of pyridine rings is 1. The lowest BCUT2D eigenvalue weighted by Crippen LogP contribution is -2.51. The summed E-state index contributed by atoms with van der Waals surface area (Å²) in [7, 11) is 1.58. The zero-order valence-corrected chi connectivity index (χ0v) is 15.5. The van der Waals surface area contributed by atoms with E-state index in [0.29, 0.717) is 39.8 Å². The molecule has 0 saturated heterocycles. The molecule has 2 aromatic rings. The molecule has 4 heterocycles. The summed E-state index contributed by atoms with van der Waals surface area (Å²) in [5, 5.41) is 0. The molecule has 0 unspecified atom stereocenters. The Balaban J connectivity index is 2.16. The molecule has 0 bridgehead atoms. The number of rotatable bonds is 2. The van der Waals surface area contributed by atoms with Gasteiger partial charge in [0.2, 0.25) is 0 Å². The Kier molecular flexibility index (Phi) is 3.48. The maximum atomic E-state index is 15.5. The van der Waals surface area contributed by atoms with E-state index in [1.54, 1.807) is 39.3 Å². The number of fused-ring (bicyclic) bond motifs is 2. The number of halogens is 2. The Morgan fingerprint density at radius 1 is 1.15 bits per heavy atom. The number of methoxy groups -OCH3 is 1. The molecule has 0 aliphatic carbocycles. The van der Waals surface area contributed by atoms with Crippen molar-refractivity contribution in [2.75, 3.05) is 7.11 Å². The lowest BCUT2D eigenvalue weighted by molar-refractivity contribution is -0.363. The molecular formula is C19H20BF2N3O. The highest BCUT2D eigenvalue weighted by molar-refractivity contribution is 6.58. The quantitative estimate of drug-likeness (QED) is 0.764. The minimum absolute atomic E-state index is 0.530. The highest BCUT2D eigenvalue weighted by Crippen LogP contribution is 2.43. The van der Waals surface area contributed by atoms with Gasteiger partial charge in [-0.25, -0.2) is 0 Å². The Labute approximate surface area is 151 Å². The van der Waals surface area contributed by atoms with Gasteiger partial charge >= 0.3 is 6.97 Å². The monoisotopic (exact) mass is 355 g/mol. The van der Waals surface area contributed by atoms with Crippen molar-refractivity contribution in [3.8, 4) is 5.75 Å². The second kappa shape index (κ2) is 5.40. The van der Waals surface area contributed by atoms with Crippen molar-refractivity contribution in [3.63, 3.8) is 0 Å². The van der Waals surface area contributed by atoms with Crippen LogP contribution >= 0.6 is 0 Å². The largest absolute Gasteiger partial charge is 0.737 e. The minimum atomic E-state index is -3.96. The SMILES string of the molecule is COc1ccnc(C2=C3C(C)=CC(C)=[N+]3[B-](F)(F)n3c(C)cc(C)c32)c1. The van der Waals surface area contributed by atoms with Gasteiger partial charge in [-0.15, -0.1) is 0 Å². The molecule has 0 N–H and O–H groups in total. The number of hydrogen-bond acceptors (Lipinski definition) is 2. The molecule has 0 atom stereocenters. The zero-order valence-electron chi connectivity index (χ0n) is 15.5. The fraction of sp³-hybridized carbons (Fsp3) is 0.263. The van der Waals surface area contributed by atoms with E-state index in [1.807, 2.05) is 26.0 Å². The second-order valence-corrected chi connectivity index (χ2v) is 6.92. The summed E-state index contributed by atoms with van der Waals surface area (Å²) in [6.07, 6.45) is 3.45. The fourth-order valence-corrected chi connectivity index (χ4v) is 4.22.